The summed E-state index contributed by atoms with van der Waals surface area (Å²) in [6, 6.07) is 1.78. The molecule has 22 heavy (non-hydrogen) atoms. The van der Waals surface area contributed by atoms with Gasteiger partial charge < -0.3 is 9.64 Å². The maximum absolute atomic E-state index is 12.3. The fourth-order valence-electron chi connectivity index (χ4n) is 2.81. The lowest BCUT2D eigenvalue weighted by Crippen LogP contribution is -2.35. The minimum atomic E-state index is -0.0756. The third-order valence-electron chi connectivity index (χ3n) is 4.49. The van der Waals surface area contributed by atoms with Gasteiger partial charge in [0.05, 0.1) is 12.3 Å². The molecule has 2 heterocycles. The predicted octanol–water partition coefficient (Wildman–Crippen LogP) is 2.72. The summed E-state index contributed by atoms with van der Waals surface area (Å²) in [5.41, 5.74) is 0. The Morgan fingerprint density at radius 2 is 2.32 bits per heavy atom. The molecule has 6 nitrogen and oxygen atoms in total. The van der Waals surface area contributed by atoms with Crippen molar-refractivity contribution in [2.45, 2.75) is 51.2 Å². The predicted molar refractivity (Wildman–Crippen MR) is 84.8 cm³/mol. The molecule has 1 aliphatic heterocycles. The number of nitrogens with one attached hydrogen (secondary N) is 1. The fraction of sp³-hybridized carbons (Fsp3) is 0.750. The van der Waals surface area contributed by atoms with Gasteiger partial charge in [-0.3, -0.25) is 5.32 Å². The van der Waals surface area contributed by atoms with Gasteiger partial charge in [-0.2, -0.15) is 5.10 Å². The van der Waals surface area contributed by atoms with E-state index in [2.05, 4.69) is 10.4 Å². The smallest absolute Gasteiger partial charge is 0.322 e. The topological polar surface area (TPSA) is 59.4 Å². The highest BCUT2D eigenvalue weighted by Gasteiger charge is 2.23. The maximum Gasteiger partial charge on any atom is 0.322 e. The van der Waals surface area contributed by atoms with Crippen molar-refractivity contribution >= 4 is 11.8 Å². The summed E-state index contributed by atoms with van der Waals surface area (Å²) >= 11 is 0. The molecule has 1 N–H and O–H groups in total. The molecule has 0 bridgehead atoms. The molecule has 1 aliphatic carbocycles. The van der Waals surface area contributed by atoms with Gasteiger partial charge in [0.15, 0.2) is 0 Å². The van der Waals surface area contributed by atoms with Crippen LogP contribution in [0, 0.1) is 5.92 Å². The van der Waals surface area contributed by atoms with Crippen LogP contribution in [-0.4, -0.2) is 47.0 Å². The van der Waals surface area contributed by atoms with E-state index in [-0.39, 0.29) is 6.03 Å². The number of aromatic nitrogens is 2. The van der Waals surface area contributed by atoms with Crippen LogP contribution < -0.4 is 5.32 Å². The van der Waals surface area contributed by atoms with Gasteiger partial charge in [0.2, 0.25) is 0 Å². The summed E-state index contributed by atoms with van der Waals surface area (Å²) in [6.45, 7) is 2.48. The van der Waals surface area contributed by atoms with Crippen molar-refractivity contribution in [1.82, 2.24) is 14.7 Å². The fourth-order valence-corrected chi connectivity index (χ4v) is 2.81. The van der Waals surface area contributed by atoms with Gasteiger partial charge in [-0.05, 0) is 44.4 Å². The average Bonchev–Trinajstić information content (AvgIpc) is 3.25. The standard InChI is InChI=1S/C16H26N4O2/c1-19(10-8-14-4-2-3-11-22-14)16(21)18-15-7-9-17-20(15)12-13-5-6-13/h7,9,13-14H,2-6,8,10-12H2,1H3,(H,18,21)/t14-/m1/s1. The highest BCUT2D eigenvalue weighted by atomic mass is 16.5. The molecule has 0 unspecified atom stereocenters. The molecule has 0 spiro atoms. The van der Waals surface area contributed by atoms with E-state index in [0.29, 0.717) is 12.6 Å². The van der Waals surface area contributed by atoms with Gasteiger partial charge >= 0.3 is 6.03 Å². The summed E-state index contributed by atoms with van der Waals surface area (Å²) in [4.78, 5) is 14.0. The summed E-state index contributed by atoms with van der Waals surface area (Å²) < 4.78 is 7.61. The lowest BCUT2D eigenvalue weighted by molar-refractivity contribution is 0.00848. The lowest BCUT2D eigenvalue weighted by Gasteiger charge is -2.25. The van der Waals surface area contributed by atoms with Crippen molar-refractivity contribution in [1.29, 1.82) is 0 Å². The van der Waals surface area contributed by atoms with Gasteiger partial charge in [-0.15, -0.1) is 0 Å². The van der Waals surface area contributed by atoms with Gasteiger partial charge in [-0.1, -0.05) is 0 Å². The Hall–Kier alpha value is -1.56. The Morgan fingerprint density at radius 1 is 1.45 bits per heavy atom. The number of carbonyl (C=O) groups excluding carboxylic acids is 1. The van der Waals surface area contributed by atoms with E-state index in [1.807, 2.05) is 17.8 Å². The number of rotatable bonds is 6. The largest absolute Gasteiger partial charge is 0.378 e. The number of amides is 2. The Kier molecular flexibility index (Phi) is 4.97. The molecule has 1 atom stereocenters. The molecule has 1 saturated carbocycles. The first-order chi connectivity index (χ1) is 10.7. The molecule has 6 heteroatoms. The van der Waals surface area contributed by atoms with Crippen LogP contribution >= 0.6 is 0 Å². The summed E-state index contributed by atoms with van der Waals surface area (Å²) in [6.07, 6.45) is 9.02. The normalized spacial score (nSPS) is 21.6. The van der Waals surface area contributed by atoms with Crippen LogP contribution in [0.3, 0.4) is 0 Å². The molecular weight excluding hydrogens is 280 g/mol. The van der Waals surface area contributed by atoms with Crippen molar-refractivity contribution in [3.05, 3.63) is 12.3 Å². The number of anilines is 1. The van der Waals surface area contributed by atoms with Crippen molar-refractivity contribution in [3.8, 4) is 0 Å². The Balaban J connectivity index is 1.45. The molecular formula is C16H26N4O2. The van der Waals surface area contributed by atoms with E-state index in [9.17, 15) is 4.79 Å². The molecule has 2 aliphatic rings. The SMILES string of the molecule is CN(CC[C@H]1CCCCO1)C(=O)Nc1ccnn1CC1CC1. The van der Waals surface area contributed by atoms with Gasteiger partial charge in [0.1, 0.15) is 5.82 Å². The molecule has 1 aromatic heterocycles. The highest BCUT2D eigenvalue weighted by Crippen LogP contribution is 2.31. The Morgan fingerprint density at radius 3 is 3.05 bits per heavy atom. The zero-order chi connectivity index (χ0) is 15.4. The number of hydrogen-bond donors (Lipinski definition) is 1. The second kappa shape index (κ2) is 7.13. The van der Waals surface area contributed by atoms with Crippen LogP contribution in [0.15, 0.2) is 12.3 Å². The molecule has 0 radical (unpaired) electrons. The second-order valence-electron chi connectivity index (χ2n) is 6.47. The third kappa shape index (κ3) is 4.22. The quantitative estimate of drug-likeness (QED) is 0.879. The summed E-state index contributed by atoms with van der Waals surface area (Å²) in [5.74, 6) is 1.52. The summed E-state index contributed by atoms with van der Waals surface area (Å²) in [5, 5.41) is 7.25. The van der Waals surface area contributed by atoms with E-state index in [4.69, 9.17) is 4.74 Å². The van der Waals surface area contributed by atoms with E-state index in [0.717, 1.165) is 44.1 Å². The molecule has 122 valence electrons. The molecule has 0 aromatic carbocycles. The highest BCUT2D eigenvalue weighted by molar-refractivity contribution is 5.88. The van der Waals surface area contributed by atoms with E-state index >= 15 is 0 Å². The van der Waals surface area contributed by atoms with Crippen molar-refractivity contribution in [3.63, 3.8) is 0 Å². The minimum absolute atomic E-state index is 0.0756. The van der Waals surface area contributed by atoms with Gasteiger partial charge in [0.25, 0.3) is 0 Å². The van der Waals surface area contributed by atoms with E-state index in [1.54, 1.807) is 11.1 Å². The van der Waals surface area contributed by atoms with Crippen LogP contribution in [0.5, 0.6) is 0 Å². The van der Waals surface area contributed by atoms with Crippen LogP contribution in [0.4, 0.5) is 10.6 Å². The number of nitrogens with zero attached hydrogens (tertiary/aromatic N) is 3. The average molecular weight is 306 g/mol. The number of hydrogen-bond acceptors (Lipinski definition) is 3. The maximum atomic E-state index is 12.3. The van der Waals surface area contributed by atoms with Crippen LogP contribution in [-0.2, 0) is 11.3 Å². The zero-order valence-electron chi connectivity index (χ0n) is 13.3. The first-order valence-electron chi connectivity index (χ1n) is 8.38. The minimum Gasteiger partial charge on any atom is -0.378 e. The Bertz CT molecular complexity index is 492. The molecule has 1 saturated heterocycles. The second-order valence-corrected chi connectivity index (χ2v) is 6.47. The zero-order valence-corrected chi connectivity index (χ0v) is 13.3. The van der Waals surface area contributed by atoms with Crippen LogP contribution in [0.2, 0.25) is 0 Å². The summed E-state index contributed by atoms with van der Waals surface area (Å²) in [7, 11) is 1.83. The number of ether oxygens (including phenoxy) is 1. The molecule has 2 amide bonds. The number of urea groups is 1. The first-order valence-corrected chi connectivity index (χ1v) is 8.38. The number of carbonyl (C=O) groups is 1. The molecule has 1 aromatic rings. The van der Waals surface area contributed by atoms with Crippen molar-refractivity contribution in [2.24, 2.45) is 5.92 Å². The van der Waals surface area contributed by atoms with Crippen LogP contribution in [0.1, 0.15) is 38.5 Å². The third-order valence-corrected chi connectivity index (χ3v) is 4.49. The molecule has 2 fully saturated rings. The van der Waals surface area contributed by atoms with E-state index < -0.39 is 0 Å². The Labute approximate surface area is 131 Å². The first kappa shape index (κ1) is 15.3. The lowest BCUT2D eigenvalue weighted by atomic mass is 10.1. The van der Waals surface area contributed by atoms with Crippen molar-refractivity contribution < 1.29 is 9.53 Å². The molecule has 3 rings (SSSR count). The van der Waals surface area contributed by atoms with E-state index in [1.165, 1.54) is 19.3 Å². The van der Waals surface area contributed by atoms with Gasteiger partial charge in [-0.25, -0.2) is 9.48 Å². The van der Waals surface area contributed by atoms with Crippen LogP contribution in [0.25, 0.3) is 0 Å². The van der Waals surface area contributed by atoms with Crippen molar-refractivity contribution in [2.75, 3.05) is 25.5 Å². The van der Waals surface area contributed by atoms with Gasteiger partial charge in [0, 0.05) is 32.8 Å². The monoisotopic (exact) mass is 306 g/mol.